The molecular formula is C17H20N6O2. The second kappa shape index (κ2) is 9.85. The van der Waals surface area contributed by atoms with Crippen LogP contribution in [0.3, 0.4) is 0 Å². The molecule has 0 saturated heterocycles. The van der Waals surface area contributed by atoms with Crippen LogP contribution in [-0.4, -0.2) is 35.4 Å². The number of hydrogen-bond donors (Lipinski definition) is 2. The molecule has 0 radical (unpaired) electrons. The molecule has 0 aliphatic carbocycles. The van der Waals surface area contributed by atoms with Crippen LogP contribution >= 0.6 is 0 Å². The molecule has 0 atom stereocenters. The Hall–Kier alpha value is -3.18. The van der Waals surface area contributed by atoms with Crippen molar-refractivity contribution in [3.63, 3.8) is 0 Å². The zero-order valence-electron chi connectivity index (χ0n) is 14.0. The van der Waals surface area contributed by atoms with Crippen molar-refractivity contribution < 1.29 is 4.74 Å². The van der Waals surface area contributed by atoms with Crippen molar-refractivity contribution in [2.45, 2.75) is 13.7 Å². The van der Waals surface area contributed by atoms with E-state index in [1.807, 2.05) is 43.4 Å². The number of nitriles is 1. The highest BCUT2D eigenvalue weighted by Gasteiger charge is 2.03. The molecule has 0 aliphatic heterocycles. The molecule has 1 aromatic carbocycles. The quantitative estimate of drug-likeness (QED) is 0.255. The summed E-state index contributed by atoms with van der Waals surface area (Å²) in [6, 6.07) is 12.8. The van der Waals surface area contributed by atoms with Crippen LogP contribution in [-0.2, 0) is 11.5 Å². The van der Waals surface area contributed by atoms with E-state index in [1.54, 1.807) is 6.07 Å². The fraction of sp³-hybridized carbons (Fsp3) is 0.294. The van der Waals surface area contributed by atoms with Crippen LogP contribution in [0.4, 0.5) is 0 Å². The first-order valence-electron chi connectivity index (χ1n) is 7.89. The number of rotatable bonds is 7. The lowest BCUT2D eigenvalue weighted by atomic mass is 10.1. The van der Waals surface area contributed by atoms with Gasteiger partial charge in [0.1, 0.15) is 6.73 Å². The maximum atomic E-state index is 11.9. The number of ether oxygens (including phenoxy) is 1. The van der Waals surface area contributed by atoms with Gasteiger partial charge in [-0.2, -0.15) is 10.4 Å². The van der Waals surface area contributed by atoms with Gasteiger partial charge >= 0.3 is 0 Å². The average Bonchev–Trinajstić information content (AvgIpc) is 2.64. The molecule has 0 unspecified atom stereocenters. The molecule has 8 nitrogen and oxygen atoms in total. The lowest BCUT2D eigenvalue weighted by molar-refractivity contribution is 0.0695. The summed E-state index contributed by atoms with van der Waals surface area (Å²) in [6.07, 6.45) is 1.81. The van der Waals surface area contributed by atoms with Gasteiger partial charge < -0.3 is 10.1 Å². The van der Waals surface area contributed by atoms with Gasteiger partial charge in [0.05, 0.1) is 12.3 Å². The molecule has 2 rings (SSSR count). The largest absolute Gasteiger partial charge is 0.357 e. The minimum Gasteiger partial charge on any atom is -0.357 e. The molecule has 8 heteroatoms. The number of benzene rings is 1. The smallest absolute Gasteiger partial charge is 0.268 e. The van der Waals surface area contributed by atoms with E-state index < -0.39 is 0 Å². The number of nitrogens with one attached hydrogen (secondary N) is 2. The Bertz CT molecular complexity index is 795. The fourth-order valence-electron chi connectivity index (χ4n) is 2.05. The third kappa shape index (κ3) is 5.75. The van der Waals surface area contributed by atoms with Crippen LogP contribution in [0.5, 0.6) is 0 Å². The summed E-state index contributed by atoms with van der Waals surface area (Å²) in [5.74, 6) is 0.398. The SMILES string of the molecule is CC/N=C(\NC#N)NCCOCn1nc(-c2ccccc2)ccc1=O. The maximum Gasteiger partial charge on any atom is 0.268 e. The van der Waals surface area contributed by atoms with Crippen LogP contribution in [0.1, 0.15) is 6.92 Å². The molecular weight excluding hydrogens is 320 g/mol. The van der Waals surface area contributed by atoms with E-state index in [0.29, 0.717) is 31.3 Å². The van der Waals surface area contributed by atoms with Crippen molar-refractivity contribution in [1.29, 1.82) is 5.26 Å². The van der Waals surface area contributed by atoms with Crippen molar-refractivity contribution in [3.8, 4) is 17.5 Å². The molecule has 0 aliphatic rings. The van der Waals surface area contributed by atoms with Gasteiger partial charge in [-0.1, -0.05) is 30.3 Å². The molecule has 0 saturated carbocycles. The zero-order chi connectivity index (χ0) is 17.9. The van der Waals surface area contributed by atoms with Crippen LogP contribution in [0.2, 0.25) is 0 Å². The number of aliphatic imine (C=N–C) groups is 1. The number of aromatic nitrogens is 2. The van der Waals surface area contributed by atoms with Crippen molar-refractivity contribution >= 4 is 5.96 Å². The van der Waals surface area contributed by atoms with Gasteiger partial charge in [0.25, 0.3) is 5.56 Å². The van der Waals surface area contributed by atoms with Crippen LogP contribution < -0.4 is 16.2 Å². The Kier molecular flexibility index (Phi) is 7.15. The molecule has 1 aromatic heterocycles. The van der Waals surface area contributed by atoms with Crippen molar-refractivity contribution in [2.75, 3.05) is 19.7 Å². The molecule has 2 N–H and O–H groups in total. The summed E-state index contributed by atoms with van der Waals surface area (Å²) in [5.41, 5.74) is 1.41. The van der Waals surface area contributed by atoms with Gasteiger partial charge in [0, 0.05) is 24.7 Å². The minimum absolute atomic E-state index is 0.0487. The van der Waals surface area contributed by atoms with Crippen molar-refractivity contribution in [2.24, 2.45) is 4.99 Å². The van der Waals surface area contributed by atoms with Gasteiger partial charge in [-0.15, -0.1) is 0 Å². The zero-order valence-corrected chi connectivity index (χ0v) is 14.0. The van der Waals surface area contributed by atoms with Crippen LogP contribution in [0.15, 0.2) is 52.3 Å². The number of guanidine groups is 1. The van der Waals surface area contributed by atoms with Crippen molar-refractivity contribution in [1.82, 2.24) is 20.4 Å². The third-order valence-corrected chi connectivity index (χ3v) is 3.18. The Morgan fingerprint density at radius 1 is 1.32 bits per heavy atom. The summed E-state index contributed by atoms with van der Waals surface area (Å²) < 4.78 is 6.75. The molecule has 0 fully saturated rings. The predicted molar refractivity (Wildman–Crippen MR) is 94.6 cm³/mol. The minimum atomic E-state index is -0.230. The van der Waals surface area contributed by atoms with Gasteiger partial charge in [-0.25, -0.2) is 4.68 Å². The lowest BCUT2D eigenvalue weighted by Crippen LogP contribution is -2.37. The van der Waals surface area contributed by atoms with Crippen molar-refractivity contribution in [3.05, 3.63) is 52.8 Å². The summed E-state index contributed by atoms with van der Waals surface area (Å²) >= 11 is 0. The van der Waals surface area contributed by atoms with Gasteiger partial charge in [0.15, 0.2) is 6.19 Å². The second-order valence-electron chi connectivity index (χ2n) is 4.95. The average molecular weight is 340 g/mol. The topological polar surface area (TPSA) is 104 Å². The lowest BCUT2D eigenvalue weighted by Gasteiger charge is -2.10. The predicted octanol–water partition coefficient (Wildman–Crippen LogP) is 0.921. The first-order valence-corrected chi connectivity index (χ1v) is 7.89. The van der Waals surface area contributed by atoms with E-state index >= 15 is 0 Å². The van der Waals surface area contributed by atoms with E-state index in [1.165, 1.54) is 10.7 Å². The molecule has 2 aromatic rings. The fourth-order valence-corrected chi connectivity index (χ4v) is 2.05. The molecule has 130 valence electrons. The number of nitrogens with zero attached hydrogens (tertiary/aromatic N) is 4. The summed E-state index contributed by atoms with van der Waals surface area (Å²) in [5, 5.41) is 18.3. The van der Waals surface area contributed by atoms with E-state index in [9.17, 15) is 4.79 Å². The highest BCUT2D eigenvalue weighted by molar-refractivity contribution is 5.81. The monoisotopic (exact) mass is 340 g/mol. The number of hydrogen-bond acceptors (Lipinski definition) is 5. The van der Waals surface area contributed by atoms with E-state index in [-0.39, 0.29) is 12.3 Å². The standard InChI is InChI=1S/C17H20N6O2/c1-2-19-17(21-12-18)20-10-11-25-13-23-16(24)9-8-15(22-23)14-6-4-3-5-7-14/h3-9H,2,10-11,13H2,1H3,(H2,19,20,21). The van der Waals surface area contributed by atoms with Gasteiger partial charge in [-0.3, -0.25) is 15.1 Å². The summed E-state index contributed by atoms with van der Waals surface area (Å²) in [7, 11) is 0. The Morgan fingerprint density at radius 3 is 2.84 bits per heavy atom. The highest BCUT2D eigenvalue weighted by atomic mass is 16.5. The molecule has 0 amide bonds. The molecule has 1 heterocycles. The molecule has 0 bridgehead atoms. The Balaban J connectivity index is 1.88. The first kappa shape index (κ1) is 18.2. The van der Waals surface area contributed by atoms with E-state index in [2.05, 4.69) is 20.7 Å². The van der Waals surface area contributed by atoms with E-state index in [0.717, 1.165) is 5.56 Å². The molecule has 25 heavy (non-hydrogen) atoms. The second-order valence-corrected chi connectivity index (χ2v) is 4.95. The molecule has 0 spiro atoms. The van der Waals surface area contributed by atoms with Crippen LogP contribution in [0.25, 0.3) is 11.3 Å². The maximum absolute atomic E-state index is 11.9. The normalized spacial score (nSPS) is 11.0. The Morgan fingerprint density at radius 2 is 2.12 bits per heavy atom. The van der Waals surface area contributed by atoms with Crippen LogP contribution in [0, 0.1) is 11.5 Å². The third-order valence-electron chi connectivity index (χ3n) is 3.18. The Labute approximate surface area is 145 Å². The first-order chi connectivity index (χ1) is 12.2. The highest BCUT2D eigenvalue weighted by Crippen LogP contribution is 2.13. The van der Waals surface area contributed by atoms with Gasteiger partial charge in [-0.05, 0) is 13.0 Å². The summed E-state index contributed by atoms with van der Waals surface area (Å²) in [6.45, 7) is 3.26. The van der Waals surface area contributed by atoms with E-state index in [4.69, 9.17) is 10.00 Å². The van der Waals surface area contributed by atoms with Gasteiger partial charge in [0.2, 0.25) is 5.96 Å². The summed E-state index contributed by atoms with van der Waals surface area (Å²) in [4.78, 5) is 16.0.